The van der Waals surface area contributed by atoms with E-state index in [0.29, 0.717) is 26.2 Å². The maximum Gasteiger partial charge on any atom is 0.317 e. The molecule has 2 rings (SSSR count). The van der Waals surface area contributed by atoms with Crippen molar-refractivity contribution in [2.24, 2.45) is 0 Å². The molecule has 1 heterocycles. The lowest BCUT2D eigenvalue weighted by Crippen LogP contribution is -2.49. The second-order valence-electron chi connectivity index (χ2n) is 4.82. The fraction of sp³-hybridized carbons (Fsp3) is 0.429. The monoisotopic (exact) mass is 356 g/mol. The molecule has 0 spiro atoms. The first kappa shape index (κ1) is 15.8. The van der Waals surface area contributed by atoms with Gasteiger partial charge in [-0.15, -0.1) is 0 Å². The number of morpholine rings is 1. The highest BCUT2D eigenvalue weighted by molar-refractivity contribution is 9.10. The summed E-state index contributed by atoms with van der Waals surface area (Å²) in [5.41, 5.74) is 1.00. The van der Waals surface area contributed by atoms with Crippen molar-refractivity contribution in [1.82, 2.24) is 10.2 Å². The number of amides is 2. The summed E-state index contributed by atoms with van der Waals surface area (Å²) in [7, 11) is 0. The molecule has 7 heteroatoms. The zero-order chi connectivity index (χ0) is 15.2. The molecule has 0 saturated carbocycles. The van der Waals surface area contributed by atoms with Crippen molar-refractivity contribution in [3.63, 3.8) is 0 Å². The van der Waals surface area contributed by atoms with Crippen LogP contribution < -0.4 is 5.32 Å². The minimum Gasteiger partial charge on any atom is -0.481 e. The van der Waals surface area contributed by atoms with Crippen molar-refractivity contribution in [1.29, 1.82) is 0 Å². The molecule has 1 aromatic carbocycles. The first-order valence-corrected chi connectivity index (χ1v) is 7.44. The average Bonchev–Trinajstić information content (AvgIpc) is 2.46. The molecule has 6 nitrogen and oxygen atoms in total. The normalized spacial score (nSPS) is 18.3. The smallest absolute Gasteiger partial charge is 0.317 e. The summed E-state index contributed by atoms with van der Waals surface area (Å²) >= 11 is 3.36. The number of aliphatic carboxylic acids is 1. The van der Waals surface area contributed by atoms with E-state index in [2.05, 4.69) is 21.2 Å². The summed E-state index contributed by atoms with van der Waals surface area (Å²) in [5, 5.41) is 11.6. The number of nitrogens with one attached hydrogen (secondary N) is 1. The van der Waals surface area contributed by atoms with Crippen molar-refractivity contribution in [2.45, 2.75) is 19.1 Å². The largest absolute Gasteiger partial charge is 0.481 e. The number of rotatable bonds is 4. The summed E-state index contributed by atoms with van der Waals surface area (Å²) in [5.74, 6) is -0.919. The fourth-order valence-electron chi connectivity index (χ4n) is 2.11. The Morgan fingerprint density at radius 2 is 2.10 bits per heavy atom. The number of halogens is 1. The van der Waals surface area contributed by atoms with E-state index in [9.17, 15) is 9.59 Å². The van der Waals surface area contributed by atoms with Crippen LogP contribution in [0.25, 0.3) is 0 Å². The zero-order valence-corrected chi connectivity index (χ0v) is 13.0. The van der Waals surface area contributed by atoms with Gasteiger partial charge in [0.05, 0.1) is 19.1 Å². The Morgan fingerprint density at radius 3 is 2.76 bits per heavy atom. The summed E-state index contributed by atoms with van der Waals surface area (Å²) in [6, 6.07) is 7.49. The predicted molar refractivity (Wildman–Crippen MR) is 79.9 cm³/mol. The lowest BCUT2D eigenvalue weighted by Gasteiger charge is -2.32. The molecule has 2 N–H and O–H groups in total. The maximum absolute atomic E-state index is 12.1. The van der Waals surface area contributed by atoms with Crippen LogP contribution in [0.2, 0.25) is 0 Å². The first-order valence-electron chi connectivity index (χ1n) is 6.65. The molecule has 0 aliphatic carbocycles. The molecule has 1 fully saturated rings. The molecule has 1 unspecified atom stereocenters. The summed E-state index contributed by atoms with van der Waals surface area (Å²) in [6.45, 7) is 1.58. The minimum atomic E-state index is -0.919. The second kappa shape index (κ2) is 7.42. The highest BCUT2D eigenvalue weighted by atomic mass is 79.9. The molecule has 2 amide bonds. The van der Waals surface area contributed by atoms with E-state index in [-0.39, 0.29) is 12.5 Å². The van der Waals surface area contributed by atoms with E-state index in [0.717, 1.165) is 10.0 Å². The zero-order valence-electron chi connectivity index (χ0n) is 11.4. The van der Waals surface area contributed by atoms with Gasteiger partial charge in [0.25, 0.3) is 0 Å². The van der Waals surface area contributed by atoms with E-state index in [1.54, 1.807) is 4.90 Å². The Kier molecular flexibility index (Phi) is 5.58. The third-order valence-corrected chi connectivity index (χ3v) is 3.71. The second-order valence-corrected chi connectivity index (χ2v) is 5.74. The van der Waals surface area contributed by atoms with Crippen LogP contribution in [0.1, 0.15) is 12.0 Å². The van der Waals surface area contributed by atoms with Crippen molar-refractivity contribution in [3.05, 3.63) is 34.3 Å². The van der Waals surface area contributed by atoms with Gasteiger partial charge in [0, 0.05) is 24.1 Å². The topological polar surface area (TPSA) is 78.9 Å². The molecule has 1 aliphatic heterocycles. The quantitative estimate of drug-likeness (QED) is 0.862. The van der Waals surface area contributed by atoms with Crippen molar-refractivity contribution < 1.29 is 19.4 Å². The van der Waals surface area contributed by atoms with Crippen LogP contribution in [0.3, 0.4) is 0 Å². The van der Waals surface area contributed by atoms with Crippen molar-refractivity contribution in [3.8, 4) is 0 Å². The number of carboxylic acid groups (broad SMARTS) is 1. The highest BCUT2D eigenvalue weighted by Gasteiger charge is 2.25. The number of nitrogens with zero attached hydrogens (tertiary/aromatic N) is 1. The van der Waals surface area contributed by atoms with Gasteiger partial charge in [-0.1, -0.05) is 28.1 Å². The van der Waals surface area contributed by atoms with Crippen molar-refractivity contribution in [2.75, 3.05) is 19.7 Å². The van der Waals surface area contributed by atoms with Crippen LogP contribution in [0.4, 0.5) is 4.79 Å². The first-order chi connectivity index (χ1) is 10.0. The Bertz CT molecular complexity index is 506. The van der Waals surface area contributed by atoms with Gasteiger partial charge >= 0.3 is 12.0 Å². The number of hydrogen-bond acceptors (Lipinski definition) is 3. The summed E-state index contributed by atoms with van der Waals surface area (Å²) in [4.78, 5) is 24.3. The summed E-state index contributed by atoms with van der Waals surface area (Å²) < 4.78 is 6.33. The minimum absolute atomic E-state index is 0.0868. The maximum atomic E-state index is 12.1. The van der Waals surface area contributed by atoms with Crippen LogP contribution in [0, 0.1) is 0 Å². The van der Waals surface area contributed by atoms with Gasteiger partial charge in [-0.2, -0.15) is 0 Å². The molecule has 21 heavy (non-hydrogen) atoms. The van der Waals surface area contributed by atoms with Gasteiger partial charge < -0.3 is 20.1 Å². The van der Waals surface area contributed by atoms with E-state index in [4.69, 9.17) is 9.84 Å². The number of benzene rings is 1. The van der Waals surface area contributed by atoms with Gasteiger partial charge in [-0.25, -0.2) is 4.79 Å². The van der Waals surface area contributed by atoms with Crippen LogP contribution in [-0.4, -0.2) is 47.8 Å². The number of carbonyl (C=O) groups excluding carboxylic acids is 1. The van der Waals surface area contributed by atoms with Crippen LogP contribution in [0.15, 0.2) is 28.7 Å². The number of ether oxygens (including phenoxy) is 1. The molecule has 1 saturated heterocycles. The molecule has 1 atom stereocenters. The SMILES string of the molecule is O=C(O)CC1CN(C(=O)NCc2ccc(Br)cc2)CCO1. The Hall–Kier alpha value is -1.60. The lowest BCUT2D eigenvalue weighted by molar-refractivity contribution is -0.141. The van der Waals surface area contributed by atoms with Gasteiger partial charge in [-0.05, 0) is 17.7 Å². The number of carbonyl (C=O) groups is 2. The standard InChI is InChI=1S/C14H17BrN2O4/c15-11-3-1-10(2-4-11)8-16-14(20)17-5-6-21-12(9-17)7-13(18)19/h1-4,12H,5-9H2,(H,16,20)(H,18,19). The fourth-order valence-corrected chi connectivity index (χ4v) is 2.38. The Morgan fingerprint density at radius 1 is 1.38 bits per heavy atom. The van der Waals surface area contributed by atoms with E-state index in [1.807, 2.05) is 24.3 Å². The Balaban J connectivity index is 1.82. The van der Waals surface area contributed by atoms with E-state index >= 15 is 0 Å². The predicted octanol–water partition coefficient (Wildman–Crippen LogP) is 1.83. The van der Waals surface area contributed by atoms with Gasteiger partial charge in [0.15, 0.2) is 0 Å². The van der Waals surface area contributed by atoms with Crippen LogP contribution in [0.5, 0.6) is 0 Å². The van der Waals surface area contributed by atoms with Gasteiger partial charge in [-0.3, -0.25) is 4.79 Å². The van der Waals surface area contributed by atoms with E-state index < -0.39 is 12.1 Å². The highest BCUT2D eigenvalue weighted by Crippen LogP contribution is 2.11. The van der Waals surface area contributed by atoms with E-state index in [1.165, 1.54) is 0 Å². The molecule has 0 radical (unpaired) electrons. The van der Waals surface area contributed by atoms with Gasteiger partial charge in [0.2, 0.25) is 0 Å². The van der Waals surface area contributed by atoms with Crippen LogP contribution >= 0.6 is 15.9 Å². The molecule has 1 aliphatic rings. The number of urea groups is 1. The van der Waals surface area contributed by atoms with Crippen LogP contribution in [-0.2, 0) is 16.1 Å². The number of carboxylic acids is 1. The van der Waals surface area contributed by atoms with Gasteiger partial charge in [0.1, 0.15) is 0 Å². The third kappa shape index (κ3) is 5.02. The Labute approximate surface area is 131 Å². The molecule has 114 valence electrons. The average molecular weight is 357 g/mol. The van der Waals surface area contributed by atoms with Crippen molar-refractivity contribution >= 4 is 27.9 Å². The third-order valence-electron chi connectivity index (χ3n) is 3.19. The molecular formula is C14H17BrN2O4. The molecule has 0 bridgehead atoms. The molecular weight excluding hydrogens is 340 g/mol. The summed E-state index contributed by atoms with van der Waals surface area (Å²) in [6.07, 6.45) is -0.522. The number of hydrogen-bond donors (Lipinski definition) is 2. The lowest BCUT2D eigenvalue weighted by atomic mass is 10.2. The molecule has 0 aromatic heterocycles. The molecule has 1 aromatic rings.